The van der Waals surface area contributed by atoms with Crippen molar-refractivity contribution in [3.05, 3.63) is 34.4 Å². The van der Waals surface area contributed by atoms with Gasteiger partial charge in [0.2, 0.25) is 0 Å². The normalized spacial score (nSPS) is 19.3. The molecule has 1 amide bonds. The summed E-state index contributed by atoms with van der Waals surface area (Å²) in [5.41, 5.74) is 1.60. The molecule has 1 heterocycles. The lowest BCUT2D eigenvalue weighted by molar-refractivity contribution is 0.0965. The molecule has 21 heavy (non-hydrogen) atoms. The van der Waals surface area contributed by atoms with Crippen molar-refractivity contribution in [3.8, 4) is 0 Å². The second-order valence-electron chi connectivity index (χ2n) is 6.05. The van der Waals surface area contributed by atoms with Gasteiger partial charge in [-0.25, -0.2) is 8.78 Å². The Balaban J connectivity index is 1.82. The fourth-order valence-electron chi connectivity index (χ4n) is 2.98. The van der Waals surface area contributed by atoms with Crippen molar-refractivity contribution in [1.29, 1.82) is 0 Å². The van der Waals surface area contributed by atoms with E-state index in [2.05, 4.69) is 10.6 Å². The second-order valence-corrected chi connectivity index (χ2v) is 6.05. The fourth-order valence-corrected chi connectivity index (χ4v) is 2.98. The number of rotatable bonds is 5. The number of amides is 1. The third-order valence-corrected chi connectivity index (χ3v) is 4.65. The SMILES string of the molecule is C[C@@H](NCC1CCC1)c1cc2c(c(C(F)F)c1)CNC2=O. The average Bonchev–Trinajstić information content (AvgIpc) is 2.77. The van der Waals surface area contributed by atoms with Crippen LogP contribution in [-0.4, -0.2) is 12.5 Å². The summed E-state index contributed by atoms with van der Waals surface area (Å²) in [4.78, 5) is 11.8. The maximum atomic E-state index is 13.2. The number of benzene rings is 1. The van der Waals surface area contributed by atoms with Gasteiger partial charge >= 0.3 is 0 Å². The predicted octanol–water partition coefficient (Wildman–Crippen LogP) is 3.32. The number of hydrogen-bond donors (Lipinski definition) is 2. The number of carbonyl (C=O) groups is 1. The van der Waals surface area contributed by atoms with Gasteiger partial charge in [-0.3, -0.25) is 4.79 Å². The molecule has 0 aromatic heterocycles. The molecule has 1 aromatic carbocycles. The summed E-state index contributed by atoms with van der Waals surface area (Å²) in [6.07, 6.45) is 1.23. The molecule has 0 saturated heterocycles. The molecule has 0 spiro atoms. The first-order valence-corrected chi connectivity index (χ1v) is 7.52. The van der Waals surface area contributed by atoms with Gasteiger partial charge in [-0.1, -0.05) is 6.42 Å². The Kier molecular flexibility index (Phi) is 3.93. The summed E-state index contributed by atoms with van der Waals surface area (Å²) >= 11 is 0. The van der Waals surface area contributed by atoms with Gasteiger partial charge in [0.25, 0.3) is 12.3 Å². The van der Waals surface area contributed by atoms with Crippen molar-refractivity contribution in [3.63, 3.8) is 0 Å². The Labute approximate surface area is 123 Å². The molecule has 1 aliphatic heterocycles. The van der Waals surface area contributed by atoms with Crippen LogP contribution in [0, 0.1) is 5.92 Å². The van der Waals surface area contributed by atoms with E-state index in [9.17, 15) is 13.6 Å². The quantitative estimate of drug-likeness (QED) is 0.874. The second kappa shape index (κ2) is 5.72. The van der Waals surface area contributed by atoms with E-state index in [0.717, 1.165) is 12.1 Å². The van der Waals surface area contributed by atoms with Crippen LogP contribution in [0.2, 0.25) is 0 Å². The highest BCUT2D eigenvalue weighted by molar-refractivity contribution is 5.99. The molecule has 2 aliphatic rings. The van der Waals surface area contributed by atoms with Gasteiger partial charge in [-0.05, 0) is 55.5 Å². The molecule has 1 aliphatic carbocycles. The van der Waals surface area contributed by atoms with Gasteiger partial charge in [0.05, 0.1) is 0 Å². The Morgan fingerprint density at radius 2 is 2.14 bits per heavy atom. The lowest BCUT2D eigenvalue weighted by Crippen LogP contribution is -2.29. The Morgan fingerprint density at radius 3 is 2.76 bits per heavy atom. The van der Waals surface area contributed by atoms with Crippen LogP contribution in [0.3, 0.4) is 0 Å². The van der Waals surface area contributed by atoms with Crippen molar-refractivity contribution in [1.82, 2.24) is 10.6 Å². The monoisotopic (exact) mass is 294 g/mol. The Hall–Kier alpha value is -1.49. The lowest BCUT2D eigenvalue weighted by Gasteiger charge is -2.27. The third-order valence-electron chi connectivity index (χ3n) is 4.65. The van der Waals surface area contributed by atoms with Crippen molar-refractivity contribution < 1.29 is 13.6 Å². The Bertz CT molecular complexity index is 555. The van der Waals surface area contributed by atoms with E-state index in [-0.39, 0.29) is 24.1 Å². The summed E-state index contributed by atoms with van der Waals surface area (Å²) in [6.45, 7) is 3.08. The number of hydrogen-bond acceptors (Lipinski definition) is 2. The highest BCUT2D eigenvalue weighted by Gasteiger charge is 2.27. The molecule has 0 unspecified atom stereocenters. The molecule has 3 rings (SSSR count). The van der Waals surface area contributed by atoms with E-state index in [1.807, 2.05) is 6.92 Å². The molecule has 0 bridgehead atoms. The average molecular weight is 294 g/mol. The topological polar surface area (TPSA) is 41.1 Å². The first-order valence-electron chi connectivity index (χ1n) is 7.52. The third kappa shape index (κ3) is 2.79. The molecule has 3 nitrogen and oxygen atoms in total. The molecule has 1 aromatic rings. The molecular formula is C16H20F2N2O. The zero-order chi connectivity index (χ0) is 15.0. The maximum Gasteiger partial charge on any atom is 0.264 e. The smallest absolute Gasteiger partial charge is 0.264 e. The molecule has 1 atom stereocenters. The van der Waals surface area contributed by atoms with Crippen LogP contribution < -0.4 is 10.6 Å². The number of nitrogens with one attached hydrogen (secondary N) is 2. The van der Waals surface area contributed by atoms with E-state index in [4.69, 9.17) is 0 Å². The van der Waals surface area contributed by atoms with E-state index in [1.54, 1.807) is 12.1 Å². The van der Waals surface area contributed by atoms with E-state index < -0.39 is 6.43 Å². The van der Waals surface area contributed by atoms with Crippen molar-refractivity contribution >= 4 is 5.91 Å². The van der Waals surface area contributed by atoms with Gasteiger partial charge in [0, 0.05) is 23.7 Å². The highest BCUT2D eigenvalue weighted by Crippen LogP contribution is 2.32. The highest BCUT2D eigenvalue weighted by atomic mass is 19.3. The minimum absolute atomic E-state index is 0.0156. The van der Waals surface area contributed by atoms with Gasteiger partial charge in [0.1, 0.15) is 0 Å². The van der Waals surface area contributed by atoms with E-state index >= 15 is 0 Å². The summed E-state index contributed by atoms with van der Waals surface area (Å²) in [5, 5.41) is 6.02. The summed E-state index contributed by atoms with van der Waals surface area (Å²) < 4.78 is 26.4. The van der Waals surface area contributed by atoms with Crippen LogP contribution in [0.4, 0.5) is 8.78 Å². The fraction of sp³-hybridized carbons (Fsp3) is 0.562. The summed E-state index contributed by atoms with van der Waals surface area (Å²) in [6, 6.07) is 3.27. The van der Waals surface area contributed by atoms with E-state index in [0.29, 0.717) is 17.0 Å². The predicted molar refractivity (Wildman–Crippen MR) is 76.3 cm³/mol. The molecule has 1 fully saturated rings. The zero-order valence-electron chi connectivity index (χ0n) is 12.1. The largest absolute Gasteiger partial charge is 0.348 e. The summed E-state index contributed by atoms with van der Waals surface area (Å²) in [7, 11) is 0. The van der Waals surface area contributed by atoms with Crippen molar-refractivity contribution in [2.24, 2.45) is 5.92 Å². The van der Waals surface area contributed by atoms with Crippen LogP contribution >= 0.6 is 0 Å². The Morgan fingerprint density at radius 1 is 1.38 bits per heavy atom. The number of halogens is 2. The minimum atomic E-state index is -2.55. The van der Waals surface area contributed by atoms with E-state index in [1.165, 1.54) is 19.3 Å². The first kappa shape index (κ1) is 14.4. The molecule has 114 valence electrons. The van der Waals surface area contributed by atoms with Gasteiger partial charge < -0.3 is 10.6 Å². The van der Waals surface area contributed by atoms with Crippen molar-refractivity contribution in [2.75, 3.05) is 6.54 Å². The van der Waals surface area contributed by atoms with Crippen LogP contribution in [0.15, 0.2) is 12.1 Å². The zero-order valence-corrected chi connectivity index (χ0v) is 12.1. The lowest BCUT2D eigenvalue weighted by atomic mass is 9.85. The van der Waals surface area contributed by atoms with Gasteiger partial charge in [-0.15, -0.1) is 0 Å². The van der Waals surface area contributed by atoms with Crippen LogP contribution in [0.25, 0.3) is 0 Å². The van der Waals surface area contributed by atoms with Gasteiger partial charge in [0.15, 0.2) is 0 Å². The molecule has 0 radical (unpaired) electrons. The maximum absolute atomic E-state index is 13.2. The summed E-state index contributed by atoms with van der Waals surface area (Å²) in [5.74, 6) is 0.458. The van der Waals surface area contributed by atoms with Crippen LogP contribution in [-0.2, 0) is 6.54 Å². The minimum Gasteiger partial charge on any atom is -0.348 e. The number of alkyl halides is 2. The molecule has 1 saturated carbocycles. The molecular weight excluding hydrogens is 274 g/mol. The first-order chi connectivity index (χ1) is 10.1. The van der Waals surface area contributed by atoms with Crippen LogP contribution in [0.5, 0.6) is 0 Å². The molecule has 2 N–H and O–H groups in total. The number of carbonyl (C=O) groups excluding carboxylic acids is 1. The van der Waals surface area contributed by atoms with Crippen LogP contribution in [0.1, 0.15) is 65.7 Å². The number of fused-ring (bicyclic) bond motifs is 1. The molecule has 5 heteroatoms. The van der Waals surface area contributed by atoms with Gasteiger partial charge in [-0.2, -0.15) is 0 Å². The van der Waals surface area contributed by atoms with Crippen molar-refractivity contribution in [2.45, 2.75) is 45.2 Å². The standard InChI is InChI=1S/C16H20F2N2O/c1-9(19-7-10-3-2-4-10)11-5-12(15(17)18)14-8-20-16(21)13(14)6-11/h5-6,9-10,15,19H,2-4,7-8H2,1H3,(H,20,21)/t9-/m1/s1.